The highest BCUT2D eigenvalue weighted by Gasteiger charge is 2.19. The summed E-state index contributed by atoms with van der Waals surface area (Å²) >= 11 is 1.45. The molecule has 1 aliphatic heterocycles. The molecular formula is C19H23N3O2S. The lowest BCUT2D eigenvalue weighted by atomic mass is 10.2. The lowest BCUT2D eigenvalue weighted by Crippen LogP contribution is -2.48. The second-order valence-corrected chi connectivity index (χ2v) is 6.94. The number of methoxy groups -OCH3 is 1. The van der Waals surface area contributed by atoms with E-state index < -0.39 is 0 Å². The van der Waals surface area contributed by atoms with E-state index in [9.17, 15) is 4.79 Å². The van der Waals surface area contributed by atoms with Gasteiger partial charge in [0.15, 0.2) is 5.78 Å². The summed E-state index contributed by atoms with van der Waals surface area (Å²) in [5, 5.41) is 1.92. The second kappa shape index (κ2) is 7.70. The van der Waals surface area contributed by atoms with E-state index in [1.807, 2.05) is 30.5 Å². The molecule has 0 aliphatic carbocycles. The predicted octanol–water partition coefficient (Wildman–Crippen LogP) is 3.83. The summed E-state index contributed by atoms with van der Waals surface area (Å²) in [7, 11) is 1.68. The van der Waals surface area contributed by atoms with E-state index in [1.54, 1.807) is 14.0 Å². The number of thiophene rings is 1. The summed E-state index contributed by atoms with van der Waals surface area (Å²) in [6.45, 7) is 7.34. The minimum absolute atomic E-state index is 0.0749. The molecule has 5 nitrogen and oxygen atoms in total. The van der Waals surface area contributed by atoms with E-state index >= 15 is 0 Å². The molecule has 0 amide bonds. The predicted molar refractivity (Wildman–Crippen MR) is 104 cm³/mol. The summed E-state index contributed by atoms with van der Waals surface area (Å²) in [5.41, 5.74) is 2.00. The van der Waals surface area contributed by atoms with Crippen LogP contribution in [0, 0.1) is 0 Å². The van der Waals surface area contributed by atoms with Crippen LogP contribution in [0.1, 0.15) is 23.5 Å². The lowest BCUT2D eigenvalue weighted by Gasteiger charge is -2.37. The summed E-state index contributed by atoms with van der Waals surface area (Å²) in [6.07, 6.45) is 0. The monoisotopic (exact) mass is 357 g/mol. The number of ketones is 1. The van der Waals surface area contributed by atoms with Crippen LogP contribution in [0.25, 0.3) is 0 Å². The fourth-order valence-corrected chi connectivity index (χ4v) is 3.71. The van der Waals surface area contributed by atoms with E-state index in [0.717, 1.165) is 48.3 Å². The molecule has 2 aromatic rings. The number of ether oxygens (including phenoxy) is 1. The number of carbonyl (C=O) groups is 1. The number of benzene rings is 1. The minimum Gasteiger partial charge on any atom is -0.497 e. The Kier molecular flexibility index (Phi) is 5.38. The zero-order valence-electron chi connectivity index (χ0n) is 14.9. The number of piperazine rings is 1. The van der Waals surface area contributed by atoms with Gasteiger partial charge in [0, 0.05) is 38.8 Å². The molecule has 0 N–H and O–H groups in total. The standard InChI is InChI=1S/C19H23N3O2S/c1-14(23)19-18(8-13-25-19)20-15(2)21-9-11-22(12-10-21)16-4-6-17(24-3)7-5-16/h4-8,13H,9-12H2,1-3H3/b20-15+. The Morgan fingerprint density at radius 1 is 1.08 bits per heavy atom. The van der Waals surface area contributed by atoms with Crippen LogP contribution >= 0.6 is 11.3 Å². The minimum atomic E-state index is 0.0749. The Morgan fingerprint density at radius 3 is 2.36 bits per heavy atom. The quantitative estimate of drug-likeness (QED) is 0.474. The largest absolute Gasteiger partial charge is 0.497 e. The number of hydrogen-bond acceptors (Lipinski definition) is 5. The number of aliphatic imine (C=N–C) groups is 1. The van der Waals surface area contributed by atoms with Crippen molar-refractivity contribution in [2.75, 3.05) is 38.2 Å². The van der Waals surface area contributed by atoms with E-state index in [2.05, 4.69) is 26.9 Å². The maximum Gasteiger partial charge on any atom is 0.171 e. The fraction of sp³-hybridized carbons (Fsp3) is 0.368. The van der Waals surface area contributed by atoms with Crippen molar-refractivity contribution in [1.82, 2.24) is 4.90 Å². The fourth-order valence-electron chi connectivity index (χ4n) is 2.98. The number of anilines is 1. The Balaban J connectivity index is 1.64. The van der Waals surface area contributed by atoms with Crippen molar-refractivity contribution in [3.05, 3.63) is 40.6 Å². The zero-order valence-corrected chi connectivity index (χ0v) is 15.7. The molecular weight excluding hydrogens is 334 g/mol. The molecule has 1 aromatic heterocycles. The van der Waals surface area contributed by atoms with Gasteiger partial charge in [0.05, 0.1) is 17.7 Å². The van der Waals surface area contributed by atoms with E-state index in [4.69, 9.17) is 4.74 Å². The number of hydrogen-bond donors (Lipinski definition) is 0. The summed E-state index contributed by atoms with van der Waals surface area (Å²) in [5.74, 6) is 1.92. The first-order valence-electron chi connectivity index (χ1n) is 8.36. The van der Waals surface area contributed by atoms with Crippen molar-refractivity contribution in [2.45, 2.75) is 13.8 Å². The van der Waals surface area contributed by atoms with E-state index in [-0.39, 0.29) is 5.78 Å². The van der Waals surface area contributed by atoms with Gasteiger partial charge in [-0.1, -0.05) is 0 Å². The molecule has 1 aromatic carbocycles. The van der Waals surface area contributed by atoms with Gasteiger partial charge in [-0.05, 0) is 42.6 Å². The molecule has 0 bridgehead atoms. The smallest absolute Gasteiger partial charge is 0.171 e. The first kappa shape index (κ1) is 17.5. The average molecular weight is 357 g/mol. The highest BCUT2D eigenvalue weighted by atomic mass is 32.1. The zero-order chi connectivity index (χ0) is 17.8. The Morgan fingerprint density at radius 2 is 1.76 bits per heavy atom. The molecule has 0 radical (unpaired) electrons. The van der Waals surface area contributed by atoms with Crippen LogP contribution in [0.15, 0.2) is 40.7 Å². The van der Waals surface area contributed by atoms with Gasteiger partial charge in [-0.3, -0.25) is 4.79 Å². The van der Waals surface area contributed by atoms with Crippen LogP contribution < -0.4 is 9.64 Å². The van der Waals surface area contributed by atoms with Crippen molar-refractivity contribution in [2.24, 2.45) is 4.99 Å². The van der Waals surface area contributed by atoms with Crippen LogP contribution in [0.4, 0.5) is 11.4 Å². The second-order valence-electron chi connectivity index (χ2n) is 6.02. The number of carbonyl (C=O) groups excluding carboxylic acids is 1. The number of rotatable bonds is 4. The van der Waals surface area contributed by atoms with Crippen LogP contribution in [-0.2, 0) is 0 Å². The van der Waals surface area contributed by atoms with Crippen molar-refractivity contribution in [1.29, 1.82) is 0 Å². The van der Waals surface area contributed by atoms with Gasteiger partial charge in [-0.15, -0.1) is 11.3 Å². The molecule has 2 heterocycles. The maximum atomic E-state index is 11.6. The summed E-state index contributed by atoms with van der Waals surface area (Å²) in [4.78, 5) is 21.7. The molecule has 1 aliphatic rings. The molecule has 6 heteroatoms. The first-order chi connectivity index (χ1) is 12.1. The number of amidine groups is 1. The van der Waals surface area contributed by atoms with Crippen LogP contribution in [0.2, 0.25) is 0 Å². The maximum absolute atomic E-state index is 11.6. The van der Waals surface area contributed by atoms with Crippen LogP contribution in [0.5, 0.6) is 5.75 Å². The first-order valence-corrected chi connectivity index (χ1v) is 9.24. The third-order valence-corrected chi connectivity index (χ3v) is 5.43. The Bertz CT molecular complexity index is 759. The van der Waals surface area contributed by atoms with Crippen LogP contribution in [0.3, 0.4) is 0 Å². The highest BCUT2D eigenvalue weighted by molar-refractivity contribution is 7.12. The molecule has 1 saturated heterocycles. The van der Waals surface area contributed by atoms with Crippen molar-refractivity contribution in [3.8, 4) is 5.75 Å². The SMILES string of the molecule is COc1ccc(N2CCN(/C(C)=N/c3ccsc3C(C)=O)CC2)cc1. The normalized spacial score (nSPS) is 15.4. The van der Waals surface area contributed by atoms with Crippen LogP contribution in [-0.4, -0.2) is 49.8 Å². The van der Waals surface area contributed by atoms with Gasteiger partial charge < -0.3 is 14.5 Å². The van der Waals surface area contributed by atoms with Crippen molar-refractivity contribution in [3.63, 3.8) is 0 Å². The molecule has 25 heavy (non-hydrogen) atoms. The summed E-state index contributed by atoms with van der Waals surface area (Å²) in [6, 6.07) is 10.1. The van der Waals surface area contributed by atoms with Gasteiger partial charge in [0.2, 0.25) is 0 Å². The molecule has 1 fully saturated rings. The van der Waals surface area contributed by atoms with Gasteiger partial charge in [-0.25, -0.2) is 4.99 Å². The molecule has 0 atom stereocenters. The topological polar surface area (TPSA) is 45.1 Å². The number of Topliss-reactive ketones (excluding diaryl/α,β-unsaturated/α-hetero) is 1. The van der Waals surface area contributed by atoms with Crippen molar-refractivity contribution < 1.29 is 9.53 Å². The van der Waals surface area contributed by atoms with Gasteiger partial charge >= 0.3 is 0 Å². The lowest BCUT2D eigenvalue weighted by molar-refractivity contribution is 0.102. The third-order valence-electron chi connectivity index (χ3n) is 4.42. The molecule has 0 spiro atoms. The Hall–Kier alpha value is -2.34. The van der Waals surface area contributed by atoms with Crippen molar-refractivity contribution >= 4 is 34.3 Å². The summed E-state index contributed by atoms with van der Waals surface area (Å²) < 4.78 is 5.22. The van der Waals surface area contributed by atoms with Gasteiger partial charge in [0.25, 0.3) is 0 Å². The molecule has 132 valence electrons. The molecule has 0 unspecified atom stereocenters. The van der Waals surface area contributed by atoms with Gasteiger partial charge in [-0.2, -0.15) is 0 Å². The van der Waals surface area contributed by atoms with Gasteiger partial charge in [0.1, 0.15) is 11.6 Å². The van der Waals surface area contributed by atoms with E-state index in [0.29, 0.717) is 0 Å². The molecule has 3 rings (SSSR count). The van der Waals surface area contributed by atoms with E-state index in [1.165, 1.54) is 17.0 Å². The Labute approximate surface area is 152 Å². The third kappa shape index (κ3) is 4.02. The number of nitrogens with zero attached hydrogens (tertiary/aromatic N) is 3. The average Bonchev–Trinajstić information content (AvgIpc) is 3.10. The highest BCUT2D eigenvalue weighted by Crippen LogP contribution is 2.26. The molecule has 0 saturated carbocycles.